The Bertz CT molecular complexity index is 864. The summed E-state index contributed by atoms with van der Waals surface area (Å²) < 4.78 is 41.1. The predicted octanol–water partition coefficient (Wildman–Crippen LogP) is 4.40. The van der Waals surface area contributed by atoms with Crippen molar-refractivity contribution in [3.8, 4) is 0 Å². The van der Waals surface area contributed by atoms with Gasteiger partial charge in [-0.15, -0.1) is 0 Å². The average molecular weight is 425 g/mol. The summed E-state index contributed by atoms with van der Waals surface area (Å²) in [5, 5.41) is 0.610. The Morgan fingerprint density at radius 1 is 1.07 bits per heavy atom. The van der Waals surface area contributed by atoms with Crippen LogP contribution in [0.4, 0.5) is 4.39 Å². The van der Waals surface area contributed by atoms with E-state index in [0.717, 1.165) is 37.4 Å². The normalized spacial score (nSPS) is 16.6. The molecule has 0 aromatic heterocycles. The molecule has 4 nitrogen and oxygen atoms in total. The molecule has 1 aliphatic heterocycles. The fraction of sp³-hybridized carbons (Fsp3) is 0.429. The van der Waals surface area contributed by atoms with Crippen LogP contribution in [-0.4, -0.2) is 43.8 Å². The van der Waals surface area contributed by atoms with Gasteiger partial charge in [-0.25, -0.2) is 12.8 Å². The minimum atomic E-state index is -3.73. The van der Waals surface area contributed by atoms with Crippen molar-refractivity contribution in [2.24, 2.45) is 5.92 Å². The zero-order chi connectivity index (χ0) is 20.1. The maximum atomic E-state index is 13.3. The third kappa shape index (κ3) is 5.54. The van der Waals surface area contributed by atoms with E-state index < -0.39 is 15.8 Å². The molecule has 3 rings (SSSR count). The molecule has 28 heavy (non-hydrogen) atoms. The van der Waals surface area contributed by atoms with E-state index in [1.165, 1.54) is 28.6 Å². The number of hydrogen-bond acceptors (Lipinski definition) is 3. The summed E-state index contributed by atoms with van der Waals surface area (Å²) in [7, 11) is -3.73. The maximum Gasteiger partial charge on any atom is 0.243 e. The summed E-state index contributed by atoms with van der Waals surface area (Å²) >= 11 is 5.95. The zero-order valence-corrected chi connectivity index (χ0v) is 17.6. The number of rotatable bonds is 7. The van der Waals surface area contributed by atoms with E-state index in [1.807, 2.05) is 12.1 Å². The van der Waals surface area contributed by atoms with E-state index in [9.17, 15) is 12.8 Å². The van der Waals surface area contributed by atoms with Crippen LogP contribution in [0.25, 0.3) is 0 Å². The molecule has 2 aromatic rings. The highest BCUT2D eigenvalue weighted by molar-refractivity contribution is 7.89. The van der Waals surface area contributed by atoms with Crippen LogP contribution in [0, 0.1) is 11.7 Å². The fourth-order valence-corrected chi connectivity index (χ4v) is 4.92. The smallest absolute Gasteiger partial charge is 0.243 e. The van der Waals surface area contributed by atoms with Crippen molar-refractivity contribution >= 4 is 21.6 Å². The molecule has 1 saturated heterocycles. The van der Waals surface area contributed by atoms with Gasteiger partial charge < -0.3 is 4.90 Å². The summed E-state index contributed by atoms with van der Waals surface area (Å²) in [6, 6.07) is 12.2. The third-order valence-electron chi connectivity index (χ3n) is 5.27. The molecule has 0 atom stereocenters. The van der Waals surface area contributed by atoms with Gasteiger partial charge in [0.05, 0.1) is 4.90 Å². The Kier molecular flexibility index (Phi) is 7.10. The average Bonchev–Trinajstić information content (AvgIpc) is 2.68. The maximum absolute atomic E-state index is 13.3. The molecule has 1 heterocycles. The van der Waals surface area contributed by atoms with Crippen LogP contribution in [-0.2, 0) is 16.6 Å². The number of sulfonamides is 1. The number of piperidine rings is 1. The van der Waals surface area contributed by atoms with E-state index in [0.29, 0.717) is 18.1 Å². The molecule has 0 saturated carbocycles. The second-order valence-electron chi connectivity index (χ2n) is 7.44. The second kappa shape index (κ2) is 9.35. The lowest BCUT2D eigenvalue weighted by atomic mass is 9.99. The zero-order valence-electron chi connectivity index (χ0n) is 16.0. The molecule has 7 heteroatoms. The summed E-state index contributed by atoms with van der Waals surface area (Å²) in [5.41, 5.74) is 0.863. The number of nitrogens with zero attached hydrogens (tertiary/aromatic N) is 2. The lowest BCUT2D eigenvalue weighted by molar-refractivity contribution is 0.181. The standard InChI is InChI=1S/C21H26ClFN2O2S/c1-17-10-12-24(13-11-17)14-15-25(16-18-2-4-19(22)5-3-18)28(26,27)21-8-6-20(23)7-9-21/h2-9,17H,10-16H2,1H3. The van der Waals surface area contributed by atoms with Gasteiger partial charge in [0.2, 0.25) is 10.0 Å². The molecule has 1 aliphatic rings. The first kappa shape index (κ1) is 21.2. The number of hydrogen-bond donors (Lipinski definition) is 0. The largest absolute Gasteiger partial charge is 0.302 e. The Morgan fingerprint density at radius 2 is 1.68 bits per heavy atom. The van der Waals surface area contributed by atoms with Crippen molar-refractivity contribution in [2.75, 3.05) is 26.2 Å². The van der Waals surface area contributed by atoms with Crippen molar-refractivity contribution in [3.63, 3.8) is 0 Å². The monoisotopic (exact) mass is 424 g/mol. The fourth-order valence-electron chi connectivity index (χ4n) is 3.37. The van der Waals surface area contributed by atoms with Gasteiger partial charge in [-0.3, -0.25) is 0 Å². The lowest BCUT2D eigenvalue weighted by Gasteiger charge is -2.32. The lowest BCUT2D eigenvalue weighted by Crippen LogP contribution is -2.41. The van der Waals surface area contributed by atoms with Crippen molar-refractivity contribution in [2.45, 2.75) is 31.2 Å². The quantitative estimate of drug-likeness (QED) is 0.661. The van der Waals surface area contributed by atoms with Crippen LogP contribution in [0.15, 0.2) is 53.4 Å². The summed E-state index contributed by atoms with van der Waals surface area (Å²) in [6.07, 6.45) is 2.28. The molecular formula is C21H26ClFN2O2S. The molecule has 0 N–H and O–H groups in total. The van der Waals surface area contributed by atoms with E-state index in [2.05, 4.69) is 11.8 Å². The highest BCUT2D eigenvalue weighted by atomic mass is 35.5. The van der Waals surface area contributed by atoms with Crippen molar-refractivity contribution in [3.05, 3.63) is 64.9 Å². The first-order chi connectivity index (χ1) is 13.3. The SMILES string of the molecule is CC1CCN(CCN(Cc2ccc(Cl)cc2)S(=O)(=O)c2ccc(F)cc2)CC1. The first-order valence-electron chi connectivity index (χ1n) is 9.57. The van der Waals surface area contributed by atoms with E-state index in [1.54, 1.807) is 12.1 Å². The van der Waals surface area contributed by atoms with Gasteiger partial charge in [-0.2, -0.15) is 4.31 Å². The molecule has 2 aromatic carbocycles. The van der Waals surface area contributed by atoms with Crippen LogP contribution in [0.3, 0.4) is 0 Å². The highest BCUT2D eigenvalue weighted by Crippen LogP contribution is 2.21. The topological polar surface area (TPSA) is 40.6 Å². The predicted molar refractivity (Wildman–Crippen MR) is 110 cm³/mol. The highest BCUT2D eigenvalue weighted by Gasteiger charge is 2.26. The minimum Gasteiger partial charge on any atom is -0.302 e. The van der Waals surface area contributed by atoms with Crippen molar-refractivity contribution in [1.82, 2.24) is 9.21 Å². The number of likely N-dealkylation sites (tertiary alicyclic amines) is 1. The molecular weight excluding hydrogens is 399 g/mol. The Balaban J connectivity index is 1.78. The number of benzene rings is 2. The van der Waals surface area contributed by atoms with Crippen molar-refractivity contribution in [1.29, 1.82) is 0 Å². The van der Waals surface area contributed by atoms with Crippen LogP contribution in [0.1, 0.15) is 25.3 Å². The molecule has 152 valence electrons. The van der Waals surface area contributed by atoms with E-state index >= 15 is 0 Å². The molecule has 0 aliphatic carbocycles. The minimum absolute atomic E-state index is 0.107. The Hall–Kier alpha value is -1.47. The van der Waals surface area contributed by atoms with Gasteiger partial charge in [0, 0.05) is 24.7 Å². The molecule has 0 unspecified atom stereocenters. The third-order valence-corrected chi connectivity index (χ3v) is 7.38. The van der Waals surface area contributed by atoms with Crippen LogP contribution >= 0.6 is 11.6 Å². The Morgan fingerprint density at radius 3 is 2.29 bits per heavy atom. The Labute approximate surface area is 172 Å². The molecule has 0 bridgehead atoms. The van der Waals surface area contributed by atoms with Crippen molar-refractivity contribution < 1.29 is 12.8 Å². The molecule has 0 radical (unpaired) electrons. The van der Waals surface area contributed by atoms with Gasteiger partial charge in [0.15, 0.2) is 0 Å². The van der Waals surface area contributed by atoms with E-state index in [4.69, 9.17) is 11.6 Å². The molecule has 0 amide bonds. The van der Waals surface area contributed by atoms with Gasteiger partial charge >= 0.3 is 0 Å². The van der Waals surface area contributed by atoms with Gasteiger partial charge in [0.1, 0.15) is 5.82 Å². The second-order valence-corrected chi connectivity index (χ2v) is 9.82. The molecule has 0 spiro atoms. The van der Waals surface area contributed by atoms with Crippen LogP contribution in [0.5, 0.6) is 0 Å². The van der Waals surface area contributed by atoms with Crippen LogP contribution < -0.4 is 0 Å². The summed E-state index contributed by atoms with van der Waals surface area (Å²) in [5.74, 6) is 0.273. The van der Waals surface area contributed by atoms with Gasteiger partial charge in [0.25, 0.3) is 0 Å². The number of halogens is 2. The summed E-state index contributed by atoms with van der Waals surface area (Å²) in [4.78, 5) is 2.42. The molecule has 1 fully saturated rings. The van der Waals surface area contributed by atoms with E-state index in [-0.39, 0.29) is 11.4 Å². The van der Waals surface area contributed by atoms with Crippen LogP contribution in [0.2, 0.25) is 5.02 Å². The van der Waals surface area contributed by atoms with Gasteiger partial charge in [-0.05, 0) is 73.8 Å². The summed E-state index contributed by atoms with van der Waals surface area (Å²) in [6.45, 7) is 5.56. The van der Waals surface area contributed by atoms with Gasteiger partial charge in [-0.1, -0.05) is 30.7 Å². The first-order valence-corrected chi connectivity index (χ1v) is 11.4.